The number of hydrogen-bond donors (Lipinski definition) is 0. The van der Waals surface area contributed by atoms with Gasteiger partial charge in [-0.25, -0.2) is 9.59 Å². The van der Waals surface area contributed by atoms with Crippen LogP contribution in [0.4, 0.5) is 0 Å². The quantitative estimate of drug-likeness (QED) is 0.213. The average Bonchev–Trinajstić information content (AvgIpc) is 2.57. The summed E-state index contributed by atoms with van der Waals surface area (Å²) in [7, 11) is 0. The first kappa shape index (κ1) is 22.4. The van der Waals surface area contributed by atoms with E-state index in [-0.39, 0.29) is 18.3 Å². The van der Waals surface area contributed by atoms with Crippen LogP contribution in [0.3, 0.4) is 0 Å². The van der Waals surface area contributed by atoms with Crippen LogP contribution in [-0.2, 0) is 20.7 Å². The third kappa shape index (κ3) is 9.73. The second-order valence-electron chi connectivity index (χ2n) is 5.68. The van der Waals surface area contributed by atoms with Crippen LogP contribution in [0.1, 0.15) is 44.6 Å². The number of allylic oxidation sites excluding steroid dienone is 1. The summed E-state index contributed by atoms with van der Waals surface area (Å²) in [6, 6.07) is 1.62. The normalized spacial score (nSPS) is 11.7. The molecular formula is C19H20Br2O5. The lowest BCUT2D eigenvalue weighted by molar-refractivity contribution is -0.140. The van der Waals surface area contributed by atoms with E-state index in [0.717, 1.165) is 19.3 Å². The molecule has 0 radical (unpaired) electrons. The summed E-state index contributed by atoms with van der Waals surface area (Å²) >= 11 is 6.06. The van der Waals surface area contributed by atoms with Crippen LogP contribution in [0.2, 0.25) is 0 Å². The first-order valence-electron chi connectivity index (χ1n) is 8.18. The van der Waals surface area contributed by atoms with Gasteiger partial charge in [0.1, 0.15) is 18.2 Å². The molecule has 0 aliphatic rings. The summed E-state index contributed by atoms with van der Waals surface area (Å²) in [4.78, 5) is 36.9. The third-order valence-electron chi connectivity index (χ3n) is 3.41. The molecule has 1 aromatic rings. The van der Waals surface area contributed by atoms with Gasteiger partial charge in [0.15, 0.2) is 0 Å². The number of unbranched alkanes of at least 4 members (excludes halogenated alkanes) is 2. The van der Waals surface area contributed by atoms with Gasteiger partial charge in [0.25, 0.3) is 0 Å². The van der Waals surface area contributed by atoms with Crippen LogP contribution in [0.25, 0.3) is 0 Å². The molecule has 5 nitrogen and oxygen atoms in total. The van der Waals surface area contributed by atoms with Crippen molar-refractivity contribution in [2.24, 2.45) is 0 Å². The first-order valence-corrected chi connectivity index (χ1v) is 9.77. The van der Waals surface area contributed by atoms with Gasteiger partial charge in [-0.05, 0) is 53.0 Å². The van der Waals surface area contributed by atoms with E-state index in [4.69, 9.17) is 9.15 Å². The van der Waals surface area contributed by atoms with E-state index in [9.17, 15) is 14.4 Å². The van der Waals surface area contributed by atoms with Crippen molar-refractivity contribution in [2.75, 3.05) is 0 Å². The van der Waals surface area contributed by atoms with Crippen molar-refractivity contribution in [2.45, 2.75) is 51.6 Å². The Morgan fingerprint density at radius 3 is 2.85 bits per heavy atom. The largest absolute Gasteiger partial charge is 0.453 e. The fraction of sp³-hybridized carbons (Fsp3) is 0.421. The van der Waals surface area contributed by atoms with Gasteiger partial charge in [-0.1, -0.05) is 12.2 Å². The number of esters is 1. The van der Waals surface area contributed by atoms with Crippen LogP contribution < -0.4 is 5.63 Å². The maximum atomic E-state index is 11.9. The molecule has 140 valence electrons. The van der Waals surface area contributed by atoms with Crippen LogP contribution in [0, 0.1) is 10.8 Å². The minimum absolute atomic E-state index is 0.0211. The van der Waals surface area contributed by atoms with Crippen molar-refractivity contribution >= 4 is 43.6 Å². The lowest BCUT2D eigenvalue weighted by Gasteiger charge is -2.07. The standard InChI is InChI=1S/C19H20Br2O5/c1-14(26-18(23)9-10-20)7-5-3-2-4-6-8-17(22)12-15-11-16(21)13-25-19(15)24/h3,5,11,13-14H,2,4,6-8,12H2,1H3/b5-3+/t14-/m0/s1. The highest BCUT2D eigenvalue weighted by molar-refractivity contribution is 9.12. The fourth-order valence-corrected chi connectivity index (χ4v) is 2.69. The number of rotatable bonds is 10. The van der Waals surface area contributed by atoms with E-state index in [1.807, 2.05) is 12.2 Å². The molecular weight excluding hydrogens is 468 g/mol. The molecule has 1 heterocycles. The highest BCUT2D eigenvalue weighted by Crippen LogP contribution is 2.11. The van der Waals surface area contributed by atoms with Crippen LogP contribution >= 0.6 is 31.9 Å². The highest BCUT2D eigenvalue weighted by Gasteiger charge is 2.09. The fourth-order valence-electron chi connectivity index (χ4n) is 2.16. The summed E-state index contributed by atoms with van der Waals surface area (Å²) in [5.74, 6) is 1.72. The Balaban J connectivity index is 2.18. The number of carbonyl (C=O) groups excluding carboxylic acids is 2. The number of halogens is 2. The van der Waals surface area contributed by atoms with Gasteiger partial charge in [-0.3, -0.25) is 4.79 Å². The van der Waals surface area contributed by atoms with Crippen molar-refractivity contribution in [3.63, 3.8) is 0 Å². The van der Waals surface area contributed by atoms with Crippen molar-refractivity contribution < 1.29 is 18.7 Å². The molecule has 0 spiro atoms. The monoisotopic (exact) mass is 486 g/mol. The van der Waals surface area contributed by atoms with Crippen LogP contribution in [-0.4, -0.2) is 17.9 Å². The zero-order valence-electron chi connectivity index (χ0n) is 14.4. The highest BCUT2D eigenvalue weighted by atomic mass is 79.9. The van der Waals surface area contributed by atoms with Gasteiger partial charge in [0, 0.05) is 46.7 Å². The Morgan fingerprint density at radius 2 is 2.12 bits per heavy atom. The van der Waals surface area contributed by atoms with Crippen LogP contribution in [0.15, 0.2) is 38.2 Å². The molecule has 0 aliphatic heterocycles. The smallest absolute Gasteiger partial charge is 0.385 e. The Bertz CT molecular complexity index is 755. The van der Waals surface area contributed by atoms with E-state index in [0.29, 0.717) is 22.9 Å². The van der Waals surface area contributed by atoms with Crippen molar-refractivity contribution in [3.8, 4) is 10.8 Å². The zero-order valence-corrected chi connectivity index (χ0v) is 17.6. The molecule has 0 fully saturated rings. The summed E-state index contributed by atoms with van der Waals surface area (Å²) in [6.45, 7) is 1.80. The van der Waals surface area contributed by atoms with Crippen LogP contribution in [0.5, 0.6) is 0 Å². The van der Waals surface area contributed by atoms with Gasteiger partial charge in [0.05, 0.1) is 4.47 Å². The molecule has 0 aromatic carbocycles. The topological polar surface area (TPSA) is 73.6 Å². The minimum atomic E-state index is -0.555. The van der Waals surface area contributed by atoms with E-state index >= 15 is 0 Å². The maximum absolute atomic E-state index is 11.9. The Morgan fingerprint density at radius 1 is 1.35 bits per heavy atom. The summed E-state index contributed by atoms with van der Waals surface area (Å²) in [5, 5.41) is 0. The van der Waals surface area contributed by atoms with Gasteiger partial charge >= 0.3 is 11.6 Å². The predicted molar refractivity (Wildman–Crippen MR) is 106 cm³/mol. The molecule has 0 amide bonds. The van der Waals surface area contributed by atoms with E-state index < -0.39 is 11.6 Å². The Kier molecular flexibility index (Phi) is 10.9. The van der Waals surface area contributed by atoms with Gasteiger partial charge in [0.2, 0.25) is 0 Å². The molecule has 0 N–H and O–H groups in total. The zero-order chi connectivity index (χ0) is 19.4. The molecule has 7 heteroatoms. The second-order valence-corrected chi connectivity index (χ2v) is 6.99. The third-order valence-corrected chi connectivity index (χ3v) is 4.02. The SMILES string of the molecule is C[C@@H](C/C=C/CCCCC(=O)Cc1cc(Br)coc1=O)OC(=O)C#CBr. The average molecular weight is 488 g/mol. The summed E-state index contributed by atoms with van der Waals surface area (Å²) in [6.07, 6.45) is 8.65. The van der Waals surface area contributed by atoms with Crippen molar-refractivity contribution in [3.05, 3.63) is 44.9 Å². The van der Waals surface area contributed by atoms with Gasteiger partial charge in [-0.2, -0.15) is 0 Å². The Labute approximate surface area is 169 Å². The molecule has 0 aliphatic carbocycles. The van der Waals surface area contributed by atoms with E-state index in [1.165, 1.54) is 6.26 Å². The molecule has 1 rings (SSSR count). The van der Waals surface area contributed by atoms with Gasteiger partial charge < -0.3 is 9.15 Å². The second kappa shape index (κ2) is 12.7. The molecule has 26 heavy (non-hydrogen) atoms. The number of carbonyl (C=O) groups is 2. The minimum Gasteiger partial charge on any atom is -0.453 e. The molecule has 1 aromatic heterocycles. The maximum Gasteiger partial charge on any atom is 0.385 e. The van der Waals surface area contributed by atoms with Crippen molar-refractivity contribution in [1.82, 2.24) is 0 Å². The van der Waals surface area contributed by atoms with E-state index in [1.54, 1.807) is 13.0 Å². The lowest BCUT2D eigenvalue weighted by Crippen LogP contribution is -2.12. The number of ether oxygens (including phenoxy) is 1. The lowest BCUT2D eigenvalue weighted by atomic mass is 10.1. The summed E-state index contributed by atoms with van der Waals surface area (Å²) < 4.78 is 10.5. The predicted octanol–water partition coefficient (Wildman–Crippen LogP) is 4.31. The molecule has 0 bridgehead atoms. The molecule has 1 atom stereocenters. The number of ketones is 1. The molecule has 0 saturated heterocycles. The van der Waals surface area contributed by atoms with Gasteiger partial charge in [-0.15, -0.1) is 0 Å². The van der Waals surface area contributed by atoms with E-state index in [2.05, 4.69) is 42.6 Å². The number of Topliss-reactive ketones (excluding diaryl/α,β-unsaturated/α-hetero) is 1. The number of hydrogen-bond acceptors (Lipinski definition) is 5. The molecule has 0 saturated carbocycles. The van der Waals surface area contributed by atoms with Crippen molar-refractivity contribution in [1.29, 1.82) is 0 Å². The summed E-state index contributed by atoms with van der Waals surface area (Å²) in [5.41, 5.74) is -0.0983. The first-order chi connectivity index (χ1) is 12.4. The molecule has 0 unspecified atom stereocenters. The Hall–Kier alpha value is -1.65.